The molecule has 0 saturated heterocycles. The molecule has 65 heavy (non-hydrogen) atoms. The summed E-state index contributed by atoms with van der Waals surface area (Å²) in [5.74, 6) is 0. The molecule has 2 heteroatoms. The Kier molecular flexibility index (Phi) is 7.64. The predicted octanol–water partition coefficient (Wildman–Crippen LogP) is 17.0. The molecular weight excluding hydrogens is 787 g/mol. The SMILES string of the molecule is c1ccc(-c2ccccc2N(c2ccc3c(c2)C2(c4ccccc4-c4ccccc4-3)c3ccccc3-c3c2c2ccccc2c2ccccc32)c2ccc3c(c2)oc2ccccc23)cc1. The summed E-state index contributed by atoms with van der Waals surface area (Å²) in [5.41, 5.74) is 19.2. The largest absolute Gasteiger partial charge is 0.456 e. The number of nitrogens with zero attached hydrogens (tertiary/aromatic N) is 1. The fraction of sp³-hybridized carbons (Fsp3) is 0.0159. The van der Waals surface area contributed by atoms with Gasteiger partial charge in [-0.05, 0) is 119 Å². The lowest BCUT2D eigenvalue weighted by atomic mass is 9.64. The van der Waals surface area contributed by atoms with E-state index in [0.717, 1.165) is 50.1 Å². The Hall–Kier alpha value is -8.46. The minimum absolute atomic E-state index is 0.705. The zero-order valence-corrected chi connectivity index (χ0v) is 35.4. The third kappa shape index (κ3) is 4.99. The number of para-hydroxylation sites is 2. The molecule has 2 aliphatic carbocycles. The van der Waals surface area contributed by atoms with Gasteiger partial charge in [0.05, 0.1) is 11.1 Å². The maximum absolute atomic E-state index is 6.62. The van der Waals surface area contributed by atoms with E-state index in [0.29, 0.717) is 0 Å². The number of furan rings is 1. The van der Waals surface area contributed by atoms with Gasteiger partial charge in [0.1, 0.15) is 11.2 Å². The Labute approximate surface area is 376 Å². The van der Waals surface area contributed by atoms with Crippen molar-refractivity contribution in [1.82, 2.24) is 0 Å². The van der Waals surface area contributed by atoms with Crippen molar-refractivity contribution in [1.29, 1.82) is 0 Å². The third-order valence-corrected chi connectivity index (χ3v) is 14.3. The summed E-state index contributed by atoms with van der Waals surface area (Å²) >= 11 is 0. The smallest absolute Gasteiger partial charge is 0.137 e. The minimum atomic E-state index is -0.705. The first-order chi connectivity index (χ1) is 32.3. The lowest BCUT2D eigenvalue weighted by Gasteiger charge is -2.37. The Bertz CT molecular complexity index is 3910. The zero-order valence-electron chi connectivity index (χ0n) is 35.4. The first kappa shape index (κ1) is 36.1. The Morgan fingerprint density at radius 3 is 1.58 bits per heavy atom. The van der Waals surface area contributed by atoms with Crippen LogP contribution in [0.3, 0.4) is 0 Å². The van der Waals surface area contributed by atoms with Crippen molar-refractivity contribution in [3.8, 4) is 44.5 Å². The van der Waals surface area contributed by atoms with Crippen molar-refractivity contribution in [2.75, 3.05) is 4.90 Å². The third-order valence-electron chi connectivity index (χ3n) is 14.3. The first-order valence-electron chi connectivity index (χ1n) is 22.5. The fourth-order valence-corrected chi connectivity index (χ4v) is 11.7. The molecule has 11 aromatic carbocycles. The molecule has 2 nitrogen and oxygen atoms in total. The summed E-state index contributed by atoms with van der Waals surface area (Å²) < 4.78 is 6.62. The Morgan fingerprint density at radius 2 is 0.815 bits per heavy atom. The number of hydrogen-bond acceptors (Lipinski definition) is 2. The summed E-state index contributed by atoms with van der Waals surface area (Å²) in [5, 5.41) is 7.32. The highest BCUT2D eigenvalue weighted by Gasteiger charge is 2.51. The molecule has 0 saturated carbocycles. The van der Waals surface area contributed by atoms with Crippen molar-refractivity contribution in [2.24, 2.45) is 0 Å². The normalized spacial score (nSPS) is 14.5. The number of benzene rings is 11. The number of hydrogen-bond donors (Lipinski definition) is 0. The van der Waals surface area contributed by atoms with Crippen molar-refractivity contribution >= 4 is 60.5 Å². The summed E-state index contributed by atoms with van der Waals surface area (Å²) in [7, 11) is 0. The van der Waals surface area contributed by atoms with Crippen LogP contribution in [0.1, 0.15) is 22.3 Å². The molecule has 0 amide bonds. The molecule has 12 aromatic rings. The van der Waals surface area contributed by atoms with Gasteiger partial charge in [-0.3, -0.25) is 0 Å². The van der Waals surface area contributed by atoms with Crippen molar-refractivity contribution in [3.63, 3.8) is 0 Å². The summed E-state index contributed by atoms with van der Waals surface area (Å²) in [4.78, 5) is 2.45. The molecule has 0 radical (unpaired) electrons. The molecule has 14 rings (SSSR count). The molecule has 2 aliphatic rings. The van der Waals surface area contributed by atoms with Crippen molar-refractivity contribution in [2.45, 2.75) is 5.41 Å². The molecule has 1 unspecified atom stereocenters. The van der Waals surface area contributed by atoms with Crippen LogP contribution in [0.4, 0.5) is 17.1 Å². The molecule has 0 bridgehead atoms. The summed E-state index contributed by atoms with van der Waals surface area (Å²) in [6.45, 7) is 0. The molecular formula is C63H39NO. The highest BCUT2D eigenvalue weighted by Crippen LogP contribution is 2.64. The molecule has 1 atom stereocenters. The van der Waals surface area contributed by atoms with Gasteiger partial charge in [0.25, 0.3) is 0 Å². The van der Waals surface area contributed by atoms with Crippen LogP contribution in [-0.2, 0) is 5.41 Å². The van der Waals surface area contributed by atoms with Crippen molar-refractivity contribution < 1.29 is 4.42 Å². The Balaban J connectivity index is 1.15. The number of fused-ring (bicyclic) bond motifs is 20. The average molecular weight is 826 g/mol. The van der Waals surface area contributed by atoms with E-state index in [1.807, 2.05) is 6.07 Å². The zero-order chi connectivity index (χ0) is 42.6. The van der Waals surface area contributed by atoms with E-state index >= 15 is 0 Å². The van der Waals surface area contributed by atoms with E-state index in [2.05, 4.69) is 235 Å². The average Bonchev–Trinajstić information content (AvgIpc) is 3.88. The second-order valence-electron chi connectivity index (χ2n) is 17.5. The van der Waals surface area contributed by atoms with Gasteiger partial charge in [0.2, 0.25) is 0 Å². The molecule has 1 heterocycles. The second-order valence-corrected chi connectivity index (χ2v) is 17.5. The highest BCUT2D eigenvalue weighted by molar-refractivity contribution is 6.20. The quantitative estimate of drug-likeness (QED) is 0.164. The van der Waals surface area contributed by atoms with Crippen molar-refractivity contribution in [3.05, 3.63) is 259 Å². The van der Waals surface area contributed by atoms with Crippen LogP contribution in [0.25, 0.3) is 88.0 Å². The maximum Gasteiger partial charge on any atom is 0.137 e. The molecule has 0 aliphatic heterocycles. The van der Waals surface area contributed by atoms with Crippen LogP contribution in [0, 0.1) is 0 Å². The Morgan fingerprint density at radius 1 is 0.308 bits per heavy atom. The summed E-state index contributed by atoms with van der Waals surface area (Å²) in [6.07, 6.45) is 0. The number of rotatable bonds is 4. The van der Waals surface area contributed by atoms with E-state index in [9.17, 15) is 0 Å². The monoisotopic (exact) mass is 825 g/mol. The van der Waals surface area contributed by atoms with Crippen LogP contribution in [0.5, 0.6) is 0 Å². The topological polar surface area (TPSA) is 16.4 Å². The maximum atomic E-state index is 6.62. The lowest BCUT2D eigenvalue weighted by molar-refractivity contribution is 0.669. The first-order valence-corrected chi connectivity index (χ1v) is 22.5. The molecule has 1 aromatic heterocycles. The van der Waals surface area contributed by atoms with Gasteiger partial charge >= 0.3 is 0 Å². The number of anilines is 3. The molecule has 0 N–H and O–H groups in total. The standard InChI is InChI=1S/C63H39NO/c1-2-18-40(19-3-1)43-20-12-16-32-58(43)64(42-35-37-51-50-26-13-17-33-59(50)65-60(51)39-42)41-34-36-49-45-22-5-4-21-44(45)48-25-10-14-30-55(48)63(57(49)38-41)56-31-15-11-29-54(56)61-52-27-8-6-23-46(52)47-24-7-9-28-53(47)62(61)63/h1-39H. The van der Waals surface area contributed by atoms with Gasteiger partial charge in [-0.1, -0.05) is 194 Å². The van der Waals surface area contributed by atoms with Crippen LogP contribution < -0.4 is 4.90 Å². The van der Waals surface area contributed by atoms with E-state index in [1.165, 1.54) is 77.2 Å². The van der Waals surface area contributed by atoms with Gasteiger partial charge in [-0.25, -0.2) is 0 Å². The molecule has 302 valence electrons. The van der Waals surface area contributed by atoms with Crippen LogP contribution in [0.2, 0.25) is 0 Å². The van der Waals surface area contributed by atoms with E-state index in [1.54, 1.807) is 0 Å². The van der Waals surface area contributed by atoms with Crippen LogP contribution in [0.15, 0.2) is 241 Å². The molecule has 1 spiro atoms. The van der Waals surface area contributed by atoms with E-state index in [-0.39, 0.29) is 0 Å². The van der Waals surface area contributed by atoms with Crippen LogP contribution >= 0.6 is 0 Å². The van der Waals surface area contributed by atoms with E-state index < -0.39 is 5.41 Å². The van der Waals surface area contributed by atoms with Gasteiger partial charge in [0, 0.05) is 33.8 Å². The van der Waals surface area contributed by atoms with Gasteiger partial charge in [-0.15, -0.1) is 0 Å². The van der Waals surface area contributed by atoms with Gasteiger partial charge in [-0.2, -0.15) is 0 Å². The van der Waals surface area contributed by atoms with E-state index in [4.69, 9.17) is 4.42 Å². The second kappa shape index (κ2) is 13.8. The summed E-state index contributed by atoms with van der Waals surface area (Å²) in [6, 6.07) is 87.5. The fourth-order valence-electron chi connectivity index (χ4n) is 11.7. The molecule has 0 fully saturated rings. The van der Waals surface area contributed by atoms with Gasteiger partial charge < -0.3 is 9.32 Å². The predicted molar refractivity (Wildman–Crippen MR) is 271 cm³/mol. The lowest BCUT2D eigenvalue weighted by Crippen LogP contribution is -2.30. The van der Waals surface area contributed by atoms with Crippen LogP contribution in [-0.4, -0.2) is 0 Å². The highest BCUT2D eigenvalue weighted by atomic mass is 16.3. The minimum Gasteiger partial charge on any atom is -0.456 e. The van der Waals surface area contributed by atoms with Gasteiger partial charge in [0.15, 0.2) is 0 Å².